The monoisotopic (exact) mass is 231 g/mol. The van der Waals surface area contributed by atoms with E-state index in [0.717, 1.165) is 17.1 Å². The molecular formula is C10H14ClNOS. The second kappa shape index (κ2) is 5.49. The van der Waals surface area contributed by atoms with Gasteiger partial charge in [-0.25, -0.2) is 0 Å². The molecular weight excluding hydrogens is 218 g/mol. The second-order valence-corrected chi connectivity index (χ2v) is 4.75. The van der Waals surface area contributed by atoms with Crippen LogP contribution in [0.25, 0.3) is 0 Å². The van der Waals surface area contributed by atoms with Gasteiger partial charge in [-0.1, -0.05) is 11.6 Å². The zero-order chi connectivity index (χ0) is 10.6. The molecule has 0 aliphatic heterocycles. The Morgan fingerprint density at radius 3 is 2.86 bits per heavy atom. The van der Waals surface area contributed by atoms with Crippen LogP contribution in [0.1, 0.15) is 13.3 Å². The van der Waals surface area contributed by atoms with Crippen molar-refractivity contribution in [2.45, 2.75) is 24.3 Å². The molecule has 0 radical (unpaired) electrons. The highest BCUT2D eigenvalue weighted by Crippen LogP contribution is 2.26. The molecule has 0 saturated heterocycles. The van der Waals surface area contributed by atoms with Gasteiger partial charge in [0.05, 0.1) is 16.8 Å². The summed E-state index contributed by atoms with van der Waals surface area (Å²) < 4.78 is 0. The predicted octanol–water partition coefficient (Wildman–Crippen LogP) is 2.79. The molecule has 0 aliphatic carbocycles. The van der Waals surface area contributed by atoms with Gasteiger partial charge in [0.1, 0.15) is 0 Å². The van der Waals surface area contributed by atoms with Crippen LogP contribution >= 0.6 is 23.4 Å². The fourth-order valence-electron chi connectivity index (χ4n) is 0.945. The minimum Gasteiger partial charge on any atom is -0.398 e. The minimum absolute atomic E-state index is 0.244. The van der Waals surface area contributed by atoms with Gasteiger partial charge in [-0.3, -0.25) is 0 Å². The van der Waals surface area contributed by atoms with Crippen LogP contribution < -0.4 is 5.73 Å². The Kier molecular flexibility index (Phi) is 4.58. The molecule has 1 unspecified atom stereocenters. The topological polar surface area (TPSA) is 46.2 Å². The molecule has 0 spiro atoms. The van der Waals surface area contributed by atoms with Crippen LogP contribution in [0.5, 0.6) is 0 Å². The molecule has 1 rings (SSSR count). The smallest absolute Gasteiger partial charge is 0.0646 e. The van der Waals surface area contributed by atoms with Crippen molar-refractivity contribution >= 4 is 29.1 Å². The molecule has 14 heavy (non-hydrogen) atoms. The Morgan fingerprint density at radius 1 is 1.57 bits per heavy atom. The number of aliphatic hydroxyl groups excluding tert-OH is 1. The molecule has 0 bridgehead atoms. The third-order valence-electron chi connectivity index (χ3n) is 1.78. The zero-order valence-electron chi connectivity index (χ0n) is 8.03. The molecule has 1 atom stereocenters. The van der Waals surface area contributed by atoms with Crippen LogP contribution in [-0.2, 0) is 0 Å². The number of aliphatic hydroxyl groups is 1. The lowest BCUT2D eigenvalue weighted by Crippen LogP contribution is -2.00. The van der Waals surface area contributed by atoms with Crippen molar-refractivity contribution in [3.05, 3.63) is 23.2 Å². The number of nitrogens with two attached hydrogens (primary N) is 1. The van der Waals surface area contributed by atoms with Gasteiger partial charge in [-0.05, 0) is 31.5 Å². The van der Waals surface area contributed by atoms with Crippen molar-refractivity contribution in [1.29, 1.82) is 0 Å². The molecule has 0 saturated carbocycles. The summed E-state index contributed by atoms with van der Waals surface area (Å²) in [5, 5.41) is 9.66. The summed E-state index contributed by atoms with van der Waals surface area (Å²) in [6.07, 6.45) is 0.541. The van der Waals surface area contributed by atoms with Crippen LogP contribution in [0.2, 0.25) is 5.02 Å². The van der Waals surface area contributed by atoms with Gasteiger partial charge < -0.3 is 10.8 Å². The van der Waals surface area contributed by atoms with E-state index in [1.165, 1.54) is 0 Å². The molecule has 0 aromatic heterocycles. The summed E-state index contributed by atoms with van der Waals surface area (Å²) in [5.74, 6) is 0.887. The SMILES string of the molecule is CC(O)CCSc1ccc(N)c(Cl)c1. The van der Waals surface area contributed by atoms with Crippen LogP contribution in [0.4, 0.5) is 5.69 Å². The van der Waals surface area contributed by atoms with Crippen molar-refractivity contribution in [3.8, 4) is 0 Å². The lowest BCUT2D eigenvalue weighted by Gasteiger charge is -2.05. The van der Waals surface area contributed by atoms with Gasteiger partial charge in [-0.15, -0.1) is 11.8 Å². The molecule has 4 heteroatoms. The molecule has 1 aromatic rings. The number of hydrogen-bond acceptors (Lipinski definition) is 3. The number of halogens is 1. The van der Waals surface area contributed by atoms with E-state index in [-0.39, 0.29) is 6.10 Å². The molecule has 0 aliphatic rings. The van der Waals surface area contributed by atoms with Crippen molar-refractivity contribution in [1.82, 2.24) is 0 Å². The normalized spacial score (nSPS) is 12.8. The fraction of sp³-hybridized carbons (Fsp3) is 0.400. The van der Waals surface area contributed by atoms with Crippen molar-refractivity contribution in [2.75, 3.05) is 11.5 Å². The first-order valence-electron chi connectivity index (χ1n) is 4.45. The highest BCUT2D eigenvalue weighted by molar-refractivity contribution is 7.99. The fourth-order valence-corrected chi connectivity index (χ4v) is 2.25. The number of rotatable bonds is 4. The van der Waals surface area contributed by atoms with Crippen molar-refractivity contribution < 1.29 is 5.11 Å². The van der Waals surface area contributed by atoms with Crippen LogP contribution in [-0.4, -0.2) is 17.0 Å². The van der Waals surface area contributed by atoms with E-state index >= 15 is 0 Å². The molecule has 78 valence electrons. The number of benzene rings is 1. The van der Waals surface area contributed by atoms with E-state index < -0.39 is 0 Å². The predicted molar refractivity (Wildman–Crippen MR) is 62.9 cm³/mol. The third-order valence-corrected chi connectivity index (χ3v) is 3.13. The van der Waals surface area contributed by atoms with Gasteiger partial charge in [0, 0.05) is 10.6 Å². The Balaban J connectivity index is 2.47. The Bertz CT molecular complexity index is 304. The number of nitrogen functional groups attached to an aromatic ring is 1. The van der Waals surface area contributed by atoms with Gasteiger partial charge >= 0.3 is 0 Å². The van der Waals surface area contributed by atoms with E-state index in [1.54, 1.807) is 24.8 Å². The van der Waals surface area contributed by atoms with Gasteiger partial charge in [0.2, 0.25) is 0 Å². The highest BCUT2D eigenvalue weighted by atomic mass is 35.5. The van der Waals surface area contributed by atoms with E-state index in [4.69, 9.17) is 22.4 Å². The summed E-state index contributed by atoms with van der Waals surface area (Å²) in [6, 6.07) is 5.59. The standard InChI is InChI=1S/C10H14ClNOS/c1-7(13)4-5-14-8-2-3-10(12)9(11)6-8/h2-3,6-7,13H,4-5,12H2,1H3. The van der Waals surface area contributed by atoms with Crippen molar-refractivity contribution in [3.63, 3.8) is 0 Å². The lowest BCUT2D eigenvalue weighted by molar-refractivity contribution is 0.192. The highest BCUT2D eigenvalue weighted by Gasteiger charge is 2.00. The average Bonchev–Trinajstić information content (AvgIpc) is 2.10. The summed E-state index contributed by atoms with van der Waals surface area (Å²) in [4.78, 5) is 1.09. The Labute approximate surface area is 93.5 Å². The second-order valence-electron chi connectivity index (χ2n) is 3.17. The largest absolute Gasteiger partial charge is 0.398 e. The summed E-state index contributed by atoms with van der Waals surface area (Å²) in [7, 11) is 0. The Morgan fingerprint density at radius 2 is 2.29 bits per heavy atom. The van der Waals surface area contributed by atoms with Crippen LogP contribution in [0.3, 0.4) is 0 Å². The first kappa shape index (κ1) is 11.7. The van der Waals surface area contributed by atoms with E-state index in [1.807, 2.05) is 12.1 Å². The molecule has 0 fully saturated rings. The molecule has 1 aromatic carbocycles. The first-order valence-corrected chi connectivity index (χ1v) is 5.82. The Hall–Kier alpha value is -0.380. The van der Waals surface area contributed by atoms with E-state index in [0.29, 0.717) is 10.7 Å². The quantitative estimate of drug-likeness (QED) is 0.619. The lowest BCUT2D eigenvalue weighted by atomic mass is 10.3. The van der Waals surface area contributed by atoms with Crippen molar-refractivity contribution in [2.24, 2.45) is 0 Å². The molecule has 3 N–H and O–H groups in total. The summed E-state index contributed by atoms with van der Waals surface area (Å²) in [6.45, 7) is 1.79. The first-order chi connectivity index (χ1) is 6.59. The number of anilines is 1. The van der Waals surface area contributed by atoms with Crippen LogP contribution in [0, 0.1) is 0 Å². The zero-order valence-corrected chi connectivity index (χ0v) is 9.61. The van der Waals surface area contributed by atoms with E-state index in [9.17, 15) is 0 Å². The minimum atomic E-state index is -0.244. The molecule has 2 nitrogen and oxygen atoms in total. The molecule has 0 heterocycles. The third kappa shape index (κ3) is 3.78. The molecule has 0 amide bonds. The number of hydrogen-bond donors (Lipinski definition) is 2. The summed E-state index contributed by atoms with van der Waals surface area (Å²) >= 11 is 7.54. The summed E-state index contributed by atoms with van der Waals surface area (Å²) in [5.41, 5.74) is 6.19. The maximum Gasteiger partial charge on any atom is 0.0646 e. The van der Waals surface area contributed by atoms with Gasteiger partial charge in [-0.2, -0.15) is 0 Å². The number of thioether (sulfide) groups is 1. The van der Waals surface area contributed by atoms with Crippen LogP contribution in [0.15, 0.2) is 23.1 Å². The van der Waals surface area contributed by atoms with Gasteiger partial charge in [0.15, 0.2) is 0 Å². The van der Waals surface area contributed by atoms with Gasteiger partial charge in [0.25, 0.3) is 0 Å². The maximum absolute atomic E-state index is 9.07. The maximum atomic E-state index is 9.07. The average molecular weight is 232 g/mol. The van der Waals surface area contributed by atoms with E-state index in [2.05, 4.69) is 0 Å².